The molecule has 1 N–H and O–H groups in total. The van der Waals surface area contributed by atoms with Crippen molar-refractivity contribution in [2.24, 2.45) is 0 Å². The van der Waals surface area contributed by atoms with Crippen molar-refractivity contribution >= 4 is 57.4 Å². The molecule has 1 aromatic heterocycles. The molecule has 0 aliphatic heterocycles. The number of hydrogen-bond donors (Lipinski definition) is 1. The van der Waals surface area contributed by atoms with Gasteiger partial charge in [0, 0.05) is 33.6 Å². The molecule has 0 atom stereocenters. The maximum absolute atomic E-state index is 12.5. The van der Waals surface area contributed by atoms with Gasteiger partial charge in [-0.3, -0.25) is 10.1 Å². The lowest BCUT2D eigenvalue weighted by Gasteiger charge is -2.04. The Bertz CT molecular complexity index is 1210. The summed E-state index contributed by atoms with van der Waals surface area (Å²) in [5.41, 5.74) is 1.22. The van der Waals surface area contributed by atoms with E-state index in [1.165, 1.54) is 30.3 Å². The number of carbonyl (C=O) groups is 1. The molecule has 0 saturated carbocycles. The number of nitriles is 1. The van der Waals surface area contributed by atoms with Crippen LogP contribution in [0, 0.1) is 21.4 Å². The van der Waals surface area contributed by atoms with E-state index in [1.54, 1.807) is 19.1 Å². The van der Waals surface area contributed by atoms with Crippen LogP contribution >= 0.6 is 23.2 Å². The summed E-state index contributed by atoms with van der Waals surface area (Å²) in [4.78, 5) is 25.9. The molecule has 0 bridgehead atoms. The number of H-pyrrole nitrogens is 1. The molecule has 0 amide bonds. The minimum Gasteiger partial charge on any atom is -0.461 e. The minimum atomic E-state index is -0.626. The van der Waals surface area contributed by atoms with E-state index in [4.69, 9.17) is 27.9 Å². The van der Waals surface area contributed by atoms with Gasteiger partial charge in [-0.05, 0) is 30.7 Å². The third-order valence-corrected chi connectivity index (χ3v) is 4.63. The van der Waals surface area contributed by atoms with E-state index in [9.17, 15) is 20.2 Å². The Kier molecular flexibility index (Phi) is 5.87. The highest BCUT2D eigenvalue weighted by Gasteiger charge is 2.21. The number of hydrogen-bond acceptors (Lipinski definition) is 5. The zero-order valence-corrected chi connectivity index (χ0v) is 16.5. The third kappa shape index (κ3) is 4.09. The van der Waals surface area contributed by atoms with Crippen molar-refractivity contribution in [3.63, 3.8) is 0 Å². The number of esters is 1. The number of aromatic amines is 1. The van der Waals surface area contributed by atoms with Gasteiger partial charge in [0.1, 0.15) is 5.69 Å². The number of nitro benzene ring substituents is 1. The molecule has 0 saturated heterocycles. The van der Waals surface area contributed by atoms with Crippen LogP contribution in [0.4, 0.5) is 5.69 Å². The Balaban J connectivity index is 2.27. The molecule has 3 rings (SSSR count). The number of nitro groups is 1. The molecular formula is C20H13Cl2N3O4. The van der Waals surface area contributed by atoms with Gasteiger partial charge in [0.2, 0.25) is 0 Å². The van der Waals surface area contributed by atoms with Gasteiger partial charge in [-0.25, -0.2) is 4.79 Å². The summed E-state index contributed by atoms with van der Waals surface area (Å²) >= 11 is 12.4. The quantitative estimate of drug-likeness (QED) is 0.244. The van der Waals surface area contributed by atoms with E-state index in [0.29, 0.717) is 27.1 Å². The van der Waals surface area contributed by atoms with Gasteiger partial charge in [-0.1, -0.05) is 35.3 Å². The summed E-state index contributed by atoms with van der Waals surface area (Å²) in [7, 11) is 0. The average Bonchev–Trinajstić information content (AvgIpc) is 3.04. The van der Waals surface area contributed by atoms with Crippen LogP contribution in [0.1, 0.15) is 28.5 Å². The van der Waals surface area contributed by atoms with Crippen molar-refractivity contribution in [3.05, 3.63) is 73.4 Å². The molecule has 2 aromatic carbocycles. The molecule has 0 fully saturated rings. The molecule has 7 nitrogen and oxygen atoms in total. The van der Waals surface area contributed by atoms with Crippen molar-refractivity contribution in [1.82, 2.24) is 4.98 Å². The Labute approximate surface area is 175 Å². The number of allylic oxidation sites excluding steroid dienone is 1. The fourth-order valence-corrected chi connectivity index (χ4v) is 3.49. The largest absolute Gasteiger partial charge is 0.461 e. The highest BCUT2D eigenvalue weighted by molar-refractivity contribution is 6.39. The predicted molar refractivity (Wildman–Crippen MR) is 111 cm³/mol. The van der Waals surface area contributed by atoms with Gasteiger partial charge in [0.05, 0.1) is 28.2 Å². The number of non-ortho nitro benzene ring substituents is 1. The second-order valence-electron chi connectivity index (χ2n) is 5.92. The Morgan fingerprint density at radius 1 is 1.34 bits per heavy atom. The number of fused-ring (bicyclic) bond motifs is 1. The zero-order chi connectivity index (χ0) is 21.1. The first-order chi connectivity index (χ1) is 13.8. The van der Waals surface area contributed by atoms with E-state index in [-0.39, 0.29) is 28.6 Å². The summed E-state index contributed by atoms with van der Waals surface area (Å²) in [6, 6.07) is 10.8. The molecular weight excluding hydrogens is 417 g/mol. The van der Waals surface area contributed by atoms with E-state index in [2.05, 4.69) is 4.98 Å². The number of carbonyl (C=O) groups excluding carboxylic acids is 1. The smallest absolute Gasteiger partial charge is 0.355 e. The van der Waals surface area contributed by atoms with Gasteiger partial charge < -0.3 is 9.72 Å². The lowest BCUT2D eigenvalue weighted by atomic mass is 10.0. The maximum Gasteiger partial charge on any atom is 0.355 e. The summed E-state index contributed by atoms with van der Waals surface area (Å²) in [5.74, 6) is -0.626. The van der Waals surface area contributed by atoms with Crippen LogP contribution in [0.15, 0.2) is 36.4 Å². The topological polar surface area (TPSA) is 109 Å². The first-order valence-electron chi connectivity index (χ1n) is 8.40. The first-order valence-corrected chi connectivity index (χ1v) is 9.15. The highest BCUT2D eigenvalue weighted by Crippen LogP contribution is 2.35. The number of nitrogens with one attached hydrogen (secondary N) is 1. The third-order valence-electron chi connectivity index (χ3n) is 4.11. The van der Waals surface area contributed by atoms with Crippen LogP contribution in [-0.4, -0.2) is 22.5 Å². The van der Waals surface area contributed by atoms with Gasteiger partial charge in [-0.2, -0.15) is 5.26 Å². The van der Waals surface area contributed by atoms with E-state index < -0.39 is 10.9 Å². The summed E-state index contributed by atoms with van der Waals surface area (Å²) in [6.45, 7) is 1.82. The number of aromatic nitrogens is 1. The van der Waals surface area contributed by atoms with Crippen molar-refractivity contribution < 1.29 is 14.5 Å². The second-order valence-corrected chi connectivity index (χ2v) is 6.77. The maximum atomic E-state index is 12.5. The SMILES string of the molecule is CCOC(=O)c1[nH]c2cc(Cl)cc(Cl)c2c1/C=C(\C#N)c1cccc([N+](=O)[O-])c1. The van der Waals surface area contributed by atoms with Crippen LogP contribution in [0.2, 0.25) is 10.0 Å². The average molecular weight is 430 g/mol. The molecule has 0 radical (unpaired) electrons. The monoisotopic (exact) mass is 429 g/mol. The molecule has 9 heteroatoms. The number of rotatable bonds is 5. The number of halogens is 2. The minimum absolute atomic E-state index is 0.101. The van der Waals surface area contributed by atoms with Gasteiger partial charge in [-0.15, -0.1) is 0 Å². The van der Waals surface area contributed by atoms with Gasteiger partial charge >= 0.3 is 5.97 Å². The highest BCUT2D eigenvalue weighted by atomic mass is 35.5. The van der Waals surface area contributed by atoms with Crippen LogP contribution in [0.25, 0.3) is 22.6 Å². The zero-order valence-electron chi connectivity index (χ0n) is 15.0. The lowest BCUT2D eigenvalue weighted by molar-refractivity contribution is -0.384. The van der Waals surface area contributed by atoms with E-state index in [1.807, 2.05) is 6.07 Å². The molecule has 146 valence electrons. The normalized spacial score (nSPS) is 11.3. The molecule has 0 unspecified atom stereocenters. The lowest BCUT2D eigenvalue weighted by Crippen LogP contribution is -2.06. The fraction of sp³-hybridized carbons (Fsp3) is 0.100. The molecule has 3 aromatic rings. The van der Waals surface area contributed by atoms with Crippen molar-refractivity contribution in [3.8, 4) is 6.07 Å². The Morgan fingerprint density at radius 2 is 2.10 bits per heavy atom. The fourth-order valence-electron chi connectivity index (χ4n) is 2.89. The molecule has 29 heavy (non-hydrogen) atoms. The van der Waals surface area contributed by atoms with E-state index in [0.717, 1.165) is 0 Å². The van der Waals surface area contributed by atoms with Crippen molar-refractivity contribution in [1.29, 1.82) is 5.26 Å². The predicted octanol–water partition coefficient (Wildman–Crippen LogP) is 5.62. The van der Waals surface area contributed by atoms with Crippen LogP contribution < -0.4 is 0 Å². The number of benzene rings is 2. The molecule has 0 aliphatic carbocycles. The van der Waals surface area contributed by atoms with Crippen LogP contribution in [0.3, 0.4) is 0 Å². The molecule has 0 aliphatic rings. The molecule has 0 spiro atoms. The second kappa shape index (κ2) is 8.35. The van der Waals surface area contributed by atoms with E-state index >= 15 is 0 Å². The first kappa shape index (κ1) is 20.4. The number of ether oxygens (including phenoxy) is 1. The van der Waals surface area contributed by atoms with Crippen molar-refractivity contribution in [2.45, 2.75) is 6.92 Å². The Morgan fingerprint density at radius 3 is 2.76 bits per heavy atom. The van der Waals surface area contributed by atoms with Crippen LogP contribution in [0.5, 0.6) is 0 Å². The van der Waals surface area contributed by atoms with Gasteiger partial charge in [0.15, 0.2) is 0 Å². The van der Waals surface area contributed by atoms with Crippen molar-refractivity contribution in [2.75, 3.05) is 6.61 Å². The molecule has 1 heterocycles. The number of nitrogens with zero attached hydrogens (tertiary/aromatic N) is 2. The Hall–Kier alpha value is -3.34. The summed E-state index contributed by atoms with van der Waals surface area (Å²) in [6.07, 6.45) is 1.45. The summed E-state index contributed by atoms with van der Waals surface area (Å²) in [5, 5.41) is 21.8. The standard InChI is InChI=1S/C20H13Cl2N3O4/c1-2-29-20(26)19-15(18-16(22)8-13(21)9-17(18)24-19)7-12(10-23)11-4-3-5-14(6-11)25(27)28/h3-9,24H,2H2,1H3/b12-7+. The summed E-state index contributed by atoms with van der Waals surface area (Å²) < 4.78 is 5.09. The van der Waals surface area contributed by atoms with Crippen LogP contribution in [-0.2, 0) is 4.74 Å². The van der Waals surface area contributed by atoms with Gasteiger partial charge in [0.25, 0.3) is 5.69 Å².